The molecule has 18 heavy (non-hydrogen) atoms. The highest BCUT2D eigenvalue weighted by Gasteiger charge is 2.36. The number of hydrogen-bond donors (Lipinski definition) is 1. The zero-order chi connectivity index (χ0) is 13.0. The molecule has 0 saturated heterocycles. The molecule has 0 radical (unpaired) electrons. The van der Waals surface area contributed by atoms with Gasteiger partial charge in [0.15, 0.2) is 0 Å². The third-order valence-corrected chi connectivity index (χ3v) is 4.23. The zero-order valence-corrected chi connectivity index (χ0v) is 11.2. The molecule has 1 unspecified atom stereocenters. The lowest BCUT2D eigenvalue weighted by Crippen LogP contribution is -2.32. The lowest BCUT2D eigenvalue weighted by atomic mass is 9.75. The molecule has 1 heterocycles. The van der Waals surface area contributed by atoms with Gasteiger partial charge in [0.25, 0.3) is 0 Å². The van der Waals surface area contributed by atoms with Gasteiger partial charge in [-0.25, -0.2) is 0 Å². The van der Waals surface area contributed by atoms with Crippen molar-refractivity contribution in [3.8, 4) is 0 Å². The highest BCUT2D eigenvalue weighted by molar-refractivity contribution is 5.27. The number of nitrogens with zero attached hydrogens (tertiary/aromatic N) is 1. The van der Waals surface area contributed by atoms with Crippen LogP contribution in [0.5, 0.6) is 0 Å². The van der Waals surface area contributed by atoms with E-state index in [2.05, 4.69) is 11.6 Å². The van der Waals surface area contributed by atoms with Crippen molar-refractivity contribution < 1.29 is 5.11 Å². The molecule has 1 aliphatic carbocycles. The molecular weight excluding hydrogens is 222 g/mol. The minimum atomic E-state index is -0.955. The van der Waals surface area contributed by atoms with Crippen molar-refractivity contribution in [1.29, 1.82) is 0 Å². The van der Waals surface area contributed by atoms with Gasteiger partial charge >= 0.3 is 0 Å². The molecule has 1 N–H and O–H groups in total. The van der Waals surface area contributed by atoms with Crippen LogP contribution in [0, 0.1) is 5.92 Å². The van der Waals surface area contributed by atoms with E-state index in [1.165, 1.54) is 19.3 Å². The van der Waals surface area contributed by atoms with Crippen molar-refractivity contribution in [1.82, 2.24) is 4.98 Å². The second-order valence-electron chi connectivity index (χ2n) is 5.29. The summed E-state index contributed by atoms with van der Waals surface area (Å²) < 4.78 is 0. The molecule has 1 aromatic heterocycles. The molecule has 0 spiro atoms. The average molecular weight is 245 g/mol. The zero-order valence-electron chi connectivity index (χ0n) is 11.2. The molecule has 1 aliphatic rings. The minimum Gasteiger partial charge on any atom is -0.379 e. The van der Waals surface area contributed by atoms with Crippen molar-refractivity contribution >= 4 is 0 Å². The highest BCUT2D eigenvalue weighted by atomic mass is 16.3. The van der Waals surface area contributed by atoms with Gasteiger partial charge in [-0.05, 0) is 42.9 Å². The number of hydrogen-bond acceptors (Lipinski definition) is 2. The first kappa shape index (κ1) is 13.3. The summed E-state index contributed by atoms with van der Waals surface area (Å²) in [4.78, 5) is 4.33. The molecule has 1 saturated carbocycles. The Kier molecular flexibility index (Phi) is 4.18. The third kappa shape index (κ3) is 2.49. The summed E-state index contributed by atoms with van der Waals surface area (Å²) in [5.41, 5.74) is 0.745. The SMILES string of the molecule is C=C(C1CCCCC1)C(O)(CC)c1ccccn1. The van der Waals surface area contributed by atoms with Gasteiger partial charge in [0.05, 0.1) is 5.69 Å². The van der Waals surface area contributed by atoms with E-state index in [0.717, 1.165) is 24.1 Å². The maximum absolute atomic E-state index is 11.0. The van der Waals surface area contributed by atoms with Gasteiger partial charge in [0.1, 0.15) is 5.60 Å². The van der Waals surface area contributed by atoms with Crippen LogP contribution in [0.4, 0.5) is 0 Å². The van der Waals surface area contributed by atoms with Gasteiger partial charge < -0.3 is 5.11 Å². The van der Waals surface area contributed by atoms with E-state index in [1.807, 2.05) is 25.1 Å². The van der Waals surface area contributed by atoms with Crippen molar-refractivity contribution in [2.24, 2.45) is 5.92 Å². The number of rotatable bonds is 4. The van der Waals surface area contributed by atoms with Crippen LogP contribution in [0.2, 0.25) is 0 Å². The second kappa shape index (κ2) is 5.66. The molecular formula is C16H23NO. The molecule has 1 atom stereocenters. The Hall–Kier alpha value is -1.15. The van der Waals surface area contributed by atoms with Crippen molar-refractivity contribution in [3.05, 3.63) is 42.2 Å². The fourth-order valence-electron chi connectivity index (χ4n) is 2.97. The highest BCUT2D eigenvalue weighted by Crippen LogP contribution is 2.40. The van der Waals surface area contributed by atoms with Crippen LogP contribution in [-0.2, 0) is 5.60 Å². The molecule has 2 rings (SSSR count). The molecule has 1 aromatic rings. The van der Waals surface area contributed by atoms with E-state index in [9.17, 15) is 5.11 Å². The Balaban J connectivity index is 2.23. The number of aliphatic hydroxyl groups is 1. The standard InChI is InChI=1S/C16H23NO/c1-3-16(18,15-11-7-8-12-17-15)13(2)14-9-5-4-6-10-14/h7-8,11-12,14,18H,2-6,9-10H2,1H3. The van der Waals surface area contributed by atoms with Crippen LogP contribution in [0.3, 0.4) is 0 Å². The maximum atomic E-state index is 11.0. The fraction of sp³-hybridized carbons (Fsp3) is 0.562. The Morgan fingerprint density at radius 2 is 2.11 bits per heavy atom. The Bertz CT molecular complexity index is 395. The summed E-state index contributed by atoms with van der Waals surface area (Å²) >= 11 is 0. The molecule has 0 bridgehead atoms. The predicted octanol–water partition coefficient (Wildman–Crippen LogP) is 3.82. The summed E-state index contributed by atoms with van der Waals surface area (Å²) in [5, 5.41) is 11.0. The molecule has 1 fully saturated rings. The molecule has 98 valence electrons. The topological polar surface area (TPSA) is 33.1 Å². The van der Waals surface area contributed by atoms with Gasteiger partial charge in [0, 0.05) is 6.20 Å². The maximum Gasteiger partial charge on any atom is 0.127 e. The van der Waals surface area contributed by atoms with Crippen LogP contribution in [0.1, 0.15) is 51.1 Å². The van der Waals surface area contributed by atoms with Crippen LogP contribution >= 0.6 is 0 Å². The first-order valence-electron chi connectivity index (χ1n) is 7.01. The van der Waals surface area contributed by atoms with Gasteiger partial charge in [-0.2, -0.15) is 0 Å². The first-order chi connectivity index (χ1) is 8.68. The summed E-state index contributed by atoms with van der Waals surface area (Å²) in [6.07, 6.45) is 8.53. The quantitative estimate of drug-likeness (QED) is 0.818. The largest absolute Gasteiger partial charge is 0.379 e. The van der Waals surface area contributed by atoms with Crippen LogP contribution in [-0.4, -0.2) is 10.1 Å². The smallest absolute Gasteiger partial charge is 0.127 e. The van der Waals surface area contributed by atoms with Crippen LogP contribution in [0.15, 0.2) is 36.5 Å². The van der Waals surface area contributed by atoms with Crippen molar-refractivity contribution in [2.75, 3.05) is 0 Å². The first-order valence-corrected chi connectivity index (χ1v) is 7.01. The fourth-order valence-corrected chi connectivity index (χ4v) is 2.97. The van der Waals surface area contributed by atoms with Gasteiger partial charge in [0.2, 0.25) is 0 Å². The predicted molar refractivity (Wildman–Crippen MR) is 74.1 cm³/mol. The van der Waals surface area contributed by atoms with E-state index in [4.69, 9.17) is 0 Å². The second-order valence-corrected chi connectivity index (χ2v) is 5.29. The summed E-state index contributed by atoms with van der Waals surface area (Å²) in [5.74, 6) is 0.450. The van der Waals surface area contributed by atoms with E-state index in [-0.39, 0.29) is 0 Å². The molecule has 0 amide bonds. The van der Waals surface area contributed by atoms with E-state index in [0.29, 0.717) is 12.3 Å². The molecule has 2 nitrogen and oxygen atoms in total. The summed E-state index contributed by atoms with van der Waals surface area (Å²) in [6, 6.07) is 5.71. The Labute approximate surface area is 110 Å². The Morgan fingerprint density at radius 3 is 2.67 bits per heavy atom. The van der Waals surface area contributed by atoms with Crippen LogP contribution in [0.25, 0.3) is 0 Å². The van der Waals surface area contributed by atoms with E-state index < -0.39 is 5.60 Å². The van der Waals surface area contributed by atoms with Crippen molar-refractivity contribution in [3.63, 3.8) is 0 Å². The van der Waals surface area contributed by atoms with Gasteiger partial charge in [-0.15, -0.1) is 0 Å². The molecule has 0 aromatic carbocycles. The van der Waals surface area contributed by atoms with E-state index >= 15 is 0 Å². The van der Waals surface area contributed by atoms with Crippen molar-refractivity contribution in [2.45, 2.75) is 51.0 Å². The van der Waals surface area contributed by atoms with E-state index in [1.54, 1.807) is 6.20 Å². The average Bonchev–Trinajstić information content (AvgIpc) is 2.47. The lowest BCUT2D eigenvalue weighted by Gasteiger charge is -2.35. The van der Waals surface area contributed by atoms with Gasteiger partial charge in [-0.3, -0.25) is 4.98 Å². The molecule has 2 heteroatoms. The van der Waals surface area contributed by atoms with Gasteiger partial charge in [-0.1, -0.05) is 38.8 Å². The number of pyridine rings is 1. The summed E-state index contributed by atoms with van der Waals surface area (Å²) in [6.45, 7) is 6.21. The third-order valence-electron chi connectivity index (χ3n) is 4.23. The monoisotopic (exact) mass is 245 g/mol. The number of aromatic nitrogens is 1. The minimum absolute atomic E-state index is 0.450. The molecule has 0 aliphatic heterocycles. The Morgan fingerprint density at radius 1 is 1.39 bits per heavy atom. The normalized spacial score (nSPS) is 20.3. The summed E-state index contributed by atoms with van der Waals surface area (Å²) in [7, 11) is 0. The lowest BCUT2D eigenvalue weighted by molar-refractivity contribution is 0.0530. The van der Waals surface area contributed by atoms with Crippen LogP contribution < -0.4 is 0 Å².